The van der Waals surface area contributed by atoms with Crippen LogP contribution in [-0.2, 0) is 4.79 Å². The van der Waals surface area contributed by atoms with E-state index in [4.69, 9.17) is 0 Å². The second kappa shape index (κ2) is 7.43. The Morgan fingerprint density at radius 1 is 1.35 bits per heavy atom. The molecular formula is C15H28N4O. The molecule has 0 aromatic carbocycles. The Bertz CT molecular complexity index is 357. The largest absolute Gasteiger partial charge is 0.348 e. The Labute approximate surface area is 122 Å². The maximum Gasteiger partial charge on any atom is 0.236 e. The summed E-state index contributed by atoms with van der Waals surface area (Å²) in [5, 5.41) is 6.11. The number of nitrogens with zero attached hydrogens (tertiary/aromatic N) is 4. The van der Waals surface area contributed by atoms with Crippen LogP contribution in [0.4, 0.5) is 0 Å². The van der Waals surface area contributed by atoms with Crippen molar-refractivity contribution in [1.82, 2.24) is 14.8 Å². The highest BCUT2D eigenvalue weighted by molar-refractivity contribution is 5.77. The molecule has 1 aliphatic rings. The average molecular weight is 280 g/mol. The zero-order valence-corrected chi connectivity index (χ0v) is 13.3. The van der Waals surface area contributed by atoms with E-state index in [0.29, 0.717) is 18.5 Å². The molecule has 5 heteroatoms. The summed E-state index contributed by atoms with van der Waals surface area (Å²) in [5.74, 6) is 0.530. The number of hydrazone groups is 1. The Kier molecular flexibility index (Phi) is 6.20. The van der Waals surface area contributed by atoms with Crippen LogP contribution >= 0.6 is 0 Å². The fraction of sp³-hybridized carbons (Fsp3) is 0.733. The molecule has 1 saturated heterocycles. The number of likely N-dealkylation sites (N-methyl/N-ethyl adjacent to an activating group) is 1. The summed E-state index contributed by atoms with van der Waals surface area (Å²) < 4.78 is 0. The number of carbonyl (C=O) groups excluding carboxylic acids is 1. The van der Waals surface area contributed by atoms with Gasteiger partial charge in [-0.25, -0.2) is 0 Å². The lowest BCUT2D eigenvalue weighted by atomic mass is 10.0. The number of piperidine rings is 1. The molecule has 1 aliphatic heterocycles. The van der Waals surface area contributed by atoms with Crippen molar-refractivity contribution >= 4 is 12.6 Å². The lowest BCUT2D eigenvalue weighted by Gasteiger charge is -2.38. The van der Waals surface area contributed by atoms with E-state index >= 15 is 0 Å². The van der Waals surface area contributed by atoms with Crippen LogP contribution in [0.2, 0.25) is 0 Å². The van der Waals surface area contributed by atoms with Gasteiger partial charge in [-0.15, -0.1) is 0 Å². The van der Waals surface area contributed by atoms with Crippen molar-refractivity contribution in [2.45, 2.75) is 32.7 Å². The van der Waals surface area contributed by atoms with Crippen LogP contribution in [0.15, 0.2) is 17.4 Å². The minimum Gasteiger partial charge on any atom is -0.348 e. The second-order valence-electron chi connectivity index (χ2n) is 5.93. The molecule has 0 bridgehead atoms. The van der Waals surface area contributed by atoms with Gasteiger partial charge in [0.05, 0.1) is 12.6 Å². The lowest BCUT2D eigenvalue weighted by molar-refractivity contribution is -0.130. The van der Waals surface area contributed by atoms with Crippen LogP contribution in [0, 0.1) is 5.92 Å². The first-order valence-corrected chi connectivity index (χ1v) is 7.24. The van der Waals surface area contributed by atoms with Crippen LogP contribution in [0.25, 0.3) is 0 Å². The highest BCUT2D eigenvalue weighted by atomic mass is 16.2. The van der Waals surface area contributed by atoms with Gasteiger partial charge < -0.3 is 4.90 Å². The van der Waals surface area contributed by atoms with Gasteiger partial charge in [-0.3, -0.25) is 14.7 Å². The van der Waals surface area contributed by atoms with E-state index in [1.165, 1.54) is 0 Å². The Morgan fingerprint density at radius 3 is 2.30 bits per heavy atom. The van der Waals surface area contributed by atoms with Gasteiger partial charge in [-0.1, -0.05) is 20.4 Å². The Balaban J connectivity index is 2.50. The molecule has 0 atom stereocenters. The van der Waals surface area contributed by atoms with Crippen LogP contribution < -0.4 is 0 Å². The minimum atomic E-state index is 0.161. The summed E-state index contributed by atoms with van der Waals surface area (Å²) in [7, 11) is 3.59. The summed E-state index contributed by atoms with van der Waals surface area (Å²) in [6.45, 7) is 14.4. The number of hydrogen-bond donors (Lipinski definition) is 0. The van der Waals surface area contributed by atoms with Crippen molar-refractivity contribution in [1.29, 1.82) is 0 Å². The quantitative estimate of drug-likeness (QED) is 0.548. The third-order valence-electron chi connectivity index (χ3n) is 3.87. The standard InChI is InChI=1S/C15H28N4O/c1-12(2)13(3)19(16-4)14-7-9-18(10-8-14)11-15(20)17(5)6/h12,14H,3-4,7-11H2,1-2,5-6H3. The van der Waals surface area contributed by atoms with E-state index in [9.17, 15) is 4.79 Å². The average Bonchev–Trinajstić information content (AvgIpc) is 2.41. The Hall–Kier alpha value is -1.36. The molecule has 1 fully saturated rings. The third kappa shape index (κ3) is 4.34. The van der Waals surface area contributed by atoms with Crippen LogP contribution in [-0.4, -0.2) is 67.2 Å². The summed E-state index contributed by atoms with van der Waals surface area (Å²) >= 11 is 0. The summed E-state index contributed by atoms with van der Waals surface area (Å²) in [5.41, 5.74) is 1.02. The monoisotopic (exact) mass is 280 g/mol. The number of hydrogen-bond acceptors (Lipinski definition) is 4. The predicted octanol–water partition coefficient (Wildman–Crippen LogP) is 1.63. The molecule has 1 amide bonds. The van der Waals surface area contributed by atoms with Crippen molar-refractivity contribution in [3.05, 3.63) is 12.3 Å². The molecule has 20 heavy (non-hydrogen) atoms. The van der Waals surface area contributed by atoms with Crippen molar-refractivity contribution in [2.75, 3.05) is 33.7 Å². The molecule has 0 aromatic heterocycles. The zero-order valence-electron chi connectivity index (χ0n) is 13.3. The fourth-order valence-corrected chi connectivity index (χ4v) is 2.36. The molecule has 0 radical (unpaired) electrons. The van der Waals surface area contributed by atoms with Gasteiger partial charge in [0.25, 0.3) is 0 Å². The van der Waals surface area contributed by atoms with E-state index in [1.54, 1.807) is 19.0 Å². The van der Waals surface area contributed by atoms with E-state index in [1.807, 2.05) is 5.01 Å². The molecule has 0 aromatic rings. The normalized spacial score (nSPS) is 17.1. The van der Waals surface area contributed by atoms with Gasteiger partial charge >= 0.3 is 0 Å². The maximum absolute atomic E-state index is 11.7. The predicted molar refractivity (Wildman–Crippen MR) is 83.5 cm³/mol. The van der Waals surface area contributed by atoms with Crippen molar-refractivity contribution in [2.24, 2.45) is 11.0 Å². The smallest absolute Gasteiger partial charge is 0.236 e. The zero-order chi connectivity index (χ0) is 15.3. The molecular weight excluding hydrogens is 252 g/mol. The molecule has 5 nitrogen and oxygen atoms in total. The number of carbonyl (C=O) groups is 1. The van der Waals surface area contributed by atoms with Crippen LogP contribution in [0.3, 0.4) is 0 Å². The summed E-state index contributed by atoms with van der Waals surface area (Å²) in [4.78, 5) is 15.6. The fourth-order valence-electron chi connectivity index (χ4n) is 2.36. The minimum absolute atomic E-state index is 0.161. The number of amides is 1. The lowest BCUT2D eigenvalue weighted by Crippen LogP contribution is -2.46. The van der Waals surface area contributed by atoms with Gasteiger partial charge in [0.1, 0.15) is 0 Å². The van der Waals surface area contributed by atoms with Crippen molar-refractivity contribution < 1.29 is 4.79 Å². The highest BCUT2D eigenvalue weighted by Crippen LogP contribution is 2.23. The Morgan fingerprint density at radius 2 is 1.90 bits per heavy atom. The topological polar surface area (TPSA) is 39.1 Å². The number of allylic oxidation sites excluding steroid dienone is 1. The van der Waals surface area contributed by atoms with E-state index < -0.39 is 0 Å². The second-order valence-corrected chi connectivity index (χ2v) is 5.93. The molecule has 1 rings (SSSR count). The van der Waals surface area contributed by atoms with E-state index in [2.05, 4.69) is 37.1 Å². The van der Waals surface area contributed by atoms with Gasteiger partial charge in [-0.05, 0) is 18.8 Å². The maximum atomic E-state index is 11.7. The van der Waals surface area contributed by atoms with Gasteiger partial charge in [0.2, 0.25) is 5.91 Å². The van der Waals surface area contributed by atoms with Crippen molar-refractivity contribution in [3.63, 3.8) is 0 Å². The number of rotatable bonds is 6. The first-order valence-electron chi connectivity index (χ1n) is 7.24. The van der Waals surface area contributed by atoms with E-state index in [0.717, 1.165) is 31.6 Å². The first kappa shape index (κ1) is 16.7. The molecule has 114 valence electrons. The molecule has 0 spiro atoms. The number of likely N-dealkylation sites (tertiary alicyclic amines) is 1. The highest BCUT2D eigenvalue weighted by Gasteiger charge is 2.26. The van der Waals surface area contributed by atoms with E-state index in [-0.39, 0.29) is 5.91 Å². The molecule has 0 saturated carbocycles. The van der Waals surface area contributed by atoms with Gasteiger partial charge in [-0.2, -0.15) is 5.10 Å². The molecule has 0 unspecified atom stereocenters. The summed E-state index contributed by atoms with van der Waals surface area (Å²) in [6.07, 6.45) is 1.98. The third-order valence-corrected chi connectivity index (χ3v) is 3.87. The SMILES string of the molecule is C=NN(C(=C)C(C)C)C1CCN(CC(=O)N(C)C)CC1. The van der Waals surface area contributed by atoms with Crippen LogP contribution in [0.1, 0.15) is 26.7 Å². The molecule has 1 heterocycles. The first-order chi connectivity index (χ1) is 9.36. The molecule has 0 aliphatic carbocycles. The van der Waals surface area contributed by atoms with Crippen molar-refractivity contribution in [3.8, 4) is 0 Å². The van der Waals surface area contributed by atoms with Crippen LogP contribution in [0.5, 0.6) is 0 Å². The van der Waals surface area contributed by atoms with Gasteiger partial charge in [0.15, 0.2) is 0 Å². The summed E-state index contributed by atoms with van der Waals surface area (Å²) in [6, 6.07) is 0.355. The molecule has 0 N–H and O–H groups in total. The van der Waals surface area contributed by atoms with Gasteiger partial charge in [0, 0.05) is 39.6 Å².